The summed E-state index contributed by atoms with van der Waals surface area (Å²) in [7, 11) is 0. The Hall–Kier alpha value is -1.55. The Labute approximate surface area is 127 Å². The average molecular weight is 293 g/mol. The molecule has 0 spiro atoms. The molecule has 0 saturated heterocycles. The van der Waals surface area contributed by atoms with Crippen molar-refractivity contribution in [2.45, 2.75) is 47.1 Å². The number of carbonyl (C=O) groups excluding carboxylic acids is 1. The molecule has 1 atom stereocenters. The van der Waals surface area contributed by atoms with Crippen molar-refractivity contribution in [1.82, 2.24) is 5.32 Å². The molecule has 0 aromatic heterocycles. The van der Waals surface area contributed by atoms with Gasteiger partial charge in [0.15, 0.2) is 0 Å². The molecule has 0 heterocycles. The topological polar surface area (TPSA) is 47.6 Å². The normalized spacial score (nSPS) is 12.0. The van der Waals surface area contributed by atoms with Crippen molar-refractivity contribution in [3.05, 3.63) is 28.8 Å². The van der Waals surface area contributed by atoms with Gasteiger partial charge in [-0.15, -0.1) is 0 Å². The standard InChI is InChI=1S/C17H27NO3/c1-6-8-18-15(17(19)20-7-2)11-21-16-13(4)9-12(3)10-14(16)5/h9-10,15,18H,6-8,11H2,1-5H3. The summed E-state index contributed by atoms with van der Waals surface area (Å²) in [5.41, 5.74) is 3.39. The number of carbonyl (C=O) groups is 1. The molecule has 1 rings (SSSR count). The molecule has 0 aliphatic heterocycles. The second-order valence-electron chi connectivity index (χ2n) is 5.30. The Morgan fingerprint density at radius 1 is 1.19 bits per heavy atom. The largest absolute Gasteiger partial charge is 0.491 e. The van der Waals surface area contributed by atoms with E-state index in [0.717, 1.165) is 29.8 Å². The van der Waals surface area contributed by atoms with Gasteiger partial charge in [-0.3, -0.25) is 4.79 Å². The highest BCUT2D eigenvalue weighted by Crippen LogP contribution is 2.24. The molecule has 4 nitrogen and oxygen atoms in total. The SMILES string of the molecule is CCCNC(COc1c(C)cc(C)cc1C)C(=O)OCC. The Morgan fingerprint density at radius 2 is 1.81 bits per heavy atom. The highest BCUT2D eigenvalue weighted by atomic mass is 16.5. The molecule has 0 aliphatic carbocycles. The number of hydrogen-bond donors (Lipinski definition) is 1. The second kappa shape index (κ2) is 8.67. The summed E-state index contributed by atoms with van der Waals surface area (Å²) >= 11 is 0. The molecule has 1 unspecified atom stereocenters. The minimum absolute atomic E-state index is 0.256. The van der Waals surface area contributed by atoms with Crippen LogP contribution in [0.4, 0.5) is 0 Å². The molecule has 0 radical (unpaired) electrons. The maximum absolute atomic E-state index is 11.9. The lowest BCUT2D eigenvalue weighted by molar-refractivity contribution is -0.146. The van der Waals surface area contributed by atoms with E-state index in [1.807, 2.05) is 20.8 Å². The Balaban J connectivity index is 2.74. The average Bonchev–Trinajstić information content (AvgIpc) is 2.41. The fourth-order valence-electron chi connectivity index (χ4n) is 2.33. The van der Waals surface area contributed by atoms with Crippen molar-refractivity contribution < 1.29 is 14.3 Å². The molecule has 118 valence electrons. The minimum atomic E-state index is -0.426. The van der Waals surface area contributed by atoms with Gasteiger partial charge >= 0.3 is 5.97 Å². The third-order valence-electron chi connectivity index (χ3n) is 3.21. The number of rotatable bonds is 8. The lowest BCUT2D eigenvalue weighted by Crippen LogP contribution is -2.43. The third-order valence-corrected chi connectivity index (χ3v) is 3.21. The first kappa shape index (κ1) is 17.5. The highest BCUT2D eigenvalue weighted by Gasteiger charge is 2.20. The molecule has 4 heteroatoms. The van der Waals surface area contributed by atoms with Crippen LogP contribution in [0.25, 0.3) is 0 Å². The van der Waals surface area contributed by atoms with Crippen LogP contribution in [0.5, 0.6) is 5.75 Å². The summed E-state index contributed by atoms with van der Waals surface area (Å²) in [4.78, 5) is 11.9. The van der Waals surface area contributed by atoms with Crippen molar-refractivity contribution in [2.75, 3.05) is 19.8 Å². The summed E-state index contributed by atoms with van der Waals surface area (Å²) in [6.07, 6.45) is 0.957. The molecule has 21 heavy (non-hydrogen) atoms. The van der Waals surface area contributed by atoms with Crippen LogP contribution in [0, 0.1) is 20.8 Å². The molecule has 1 N–H and O–H groups in total. The lowest BCUT2D eigenvalue weighted by Gasteiger charge is -2.19. The Bertz CT molecular complexity index is 448. The number of aryl methyl sites for hydroxylation is 3. The van der Waals surface area contributed by atoms with Crippen LogP contribution in [0.3, 0.4) is 0 Å². The summed E-state index contributed by atoms with van der Waals surface area (Å²) in [6.45, 7) is 11.4. The van der Waals surface area contributed by atoms with E-state index >= 15 is 0 Å². The zero-order chi connectivity index (χ0) is 15.8. The van der Waals surface area contributed by atoms with Crippen LogP contribution < -0.4 is 10.1 Å². The quantitative estimate of drug-likeness (QED) is 0.749. The Morgan fingerprint density at radius 3 is 2.33 bits per heavy atom. The first-order chi connectivity index (χ1) is 9.99. The van der Waals surface area contributed by atoms with Crippen LogP contribution in [0.15, 0.2) is 12.1 Å². The van der Waals surface area contributed by atoms with Crippen molar-refractivity contribution in [3.8, 4) is 5.75 Å². The van der Waals surface area contributed by atoms with Gasteiger partial charge in [-0.1, -0.05) is 24.6 Å². The maximum atomic E-state index is 11.9. The van der Waals surface area contributed by atoms with E-state index < -0.39 is 6.04 Å². The summed E-state index contributed by atoms with van der Waals surface area (Å²) in [6, 6.07) is 3.74. The van der Waals surface area contributed by atoms with E-state index in [4.69, 9.17) is 9.47 Å². The number of nitrogens with one attached hydrogen (secondary N) is 1. The van der Waals surface area contributed by atoms with E-state index in [1.54, 1.807) is 0 Å². The van der Waals surface area contributed by atoms with Crippen LogP contribution in [0.2, 0.25) is 0 Å². The van der Waals surface area contributed by atoms with Gasteiger partial charge in [-0.2, -0.15) is 0 Å². The first-order valence-electron chi connectivity index (χ1n) is 7.60. The van der Waals surface area contributed by atoms with Crippen molar-refractivity contribution in [3.63, 3.8) is 0 Å². The van der Waals surface area contributed by atoms with Gasteiger partial charge in [0, 0.05) is 0 Å². The molecule has 0 saturated carbocycles. The molecular weight excluding hydrogens is 266 g/mol. The van der Waals surface area contributed by atoms with Gasteiger partial charge in [0.25, 0.3) is 0 Å². The predicted molar refractivity (Wildman–Crippen MR) is 84.9 cm³/mol. The fourth-order valence-corrected chi connectivity index (χ4v) is 2.33. The zero-order valence-electron chi connectivity index (χ0n) is 13.8. The van der Waals surface area contributed by atoms with Crippen molar-refractivity contribution >= 4 is 5.97 Å². The van der Waals surface area contributed by atoms with Gasteiger partial charge in [0.1, 0.15) is 18.4 Å². The van der Waals surface area contributed by atoms with E-state index in [9.17, 15) is 4.79 Å². The van der Waals surface area contributed by atoms with Crippen LogP contribution in [0.1, 0.15) is 37.0 Å². The molecule has 0 bridgehead atoms. The molecule has 1 aromatic carbocycles. The zero-order valence-corrected chi connectivity index (χ0v) is 13.8. The predicted octanol–water partition coefficient (Wildman–Crippen LogP) is 2.92. The van der Waals surface area contributed by atoms with Gasteiger partial charge in [-0.05, 0) is 51.8 Å². The lowest BCUT2D eigenvalue weighted by atomic mass is 10.1. The van der Waals surface area contributed by atoms with Crippen LogP contribution in [-0.2, 0) is 9.53 Å². The van der Waals surface area contributed by atoms with E-state index in [2.05, 4.69) is 31.3 Å². The molecule has 0 fully saturated rings. The number of benzene rings is 1. The third kappa shape index (κ3) is 5.38. The molecule has 1 aromatic rings. The van der Waals surface area contributed by atoms with Crippen LogP contribution in [-0.4, -0.2) is 31.8 Å². The number of esters is 1. The van der Waals surface area contributed by atoms with E-state index in [0.29, 0.717) is 6.61 Å². The monoisotopic (exact) mass is 293 g/mol. The van der Waals surface area contributed by atoms with Crippen molar-refractivity contribution in [1.29, 1.82) is 0 Å². The van der Waals surface area contributed by atoms with Gasteiger partial charge in [0.2, 0.25) is 0 Å². The highest BCUT2D eigenvalue weighted by molar-refractivity contribution is 5.76. The second-order valence-corrected chi connectivity index (χ2v) is 5.30. The van der Waals surface area contributed by atoms with Gasteiger partial charge < -0.3 is 14.8 Å². The number of ether oxygens (including phenoxy) is 2. The summed E-state index contributed by atoms with van der Waals surface area (Å²) in [5, 5.41) is 3.18. The van der Waals surface area contributed by atoms with E-state index in [-0.39, 0.29) is 12.6 Å². The smallest absolute Gasteiger partial charge is 0.326 e. The van der Waals surface area contributed by atoms with E-state index in [1.165, 1.54) is 5.56 Å². The summed E-state index contributed by atoms with van der Waals surface area (Å²) in [5.74, 6) is 0.599. The van der Waals surface area contributed by atoms with Gasteiger partial charge in [-0.25, -0.2) is 0 Å². The fraction of sp³-hybridized carbons (Fsp3) is 0.588. The maximum Gasteiger partial charge on any atom is 0.326 e. The van der Waals surface area contributed by atoms with Crippen LogP contribution >= 0.6 is 0 Å². The number of hydrogen-bond acceptors (Lipinski definition) is 4. The molecular formula is C17H27NO3. The summed E-state index contributed by atoms with van der Waals surface area (Å²) < 4.78 is 11.0. The molecule has 0 amide bonds. The van der Waals surface area contributed by atoms with Crippen molar-refractivity contribution in [2.24, 2.45) is 0 Å². The molecule has 0 aliphatic rings. The Kier molecular flexibility index (Phi) is 7.23. The van der Waals surface area contributed by atoms with Gasteiger partial charge in [0.05, 0.1) is 6.61 Å². The minimum Gasteiger partial charge on any atom is -0.491 e. The first-order valence-corrected chi connectivity index (χ1v) is 7.60.